The Hall–Kier alpha value is -1.88. The lowest BCUT2D eigenvalue weighted by atomic mass is 9.98. The Bertz CT molecular complexity index is 626. The Balaban J connectivity index is 1.40. The molecule has 2 aromatic rings. The van der Waals surface area contributed by atoms with Crippen molar-refractivity contribution in [3.8, 4) is 5.75 Å². The lowest BCUT2D eigenvalue weighted by molar-refractivity contribution is 0.149. The summed E-state index contributed by atoms with van der Waals surface area (Å²) in [4.78, 5) is 6.98. The lowest BCUT2D eigenvalue weighted by Gasteiger charge is -2.32. The predicted octanol–water partition coefficient (Wildman–Crippen LogP) is 3.08. The second kappa shape index (κ2) is 8.29. The van der Waals surface area contributed by atoms with Crippen molar-refractivity contribution in [2.75, 3.05) is 26.2 Å². The molecule has 5 heteroatoms. The fourth-order valence-corrected chi connectivity index (χ4v) is 3.48. The van der Waals surface area contributed by atoms with Gasteiger partial charge in [0.25, 0.3) is 0 Å². The van der Waals surface area contributed by atoms with E-state index in [-0.39, 0.29) is 0 Å². The number of rotatable bonds is 7. The van der Waals surface area contributed by atoms with E-state index in [0.29, 0.717) is 5.92 Å². The van der Waals surface area contributed by atoms with Gasteiger partial charge in [-0.25, -0.2) is 9.67 Å². The van der Waals surface area contributed by atoms with Crippen LogP contribution in [0.2, 0.25) is 0 Å². The van der Waals surface area contributed by atoms with Crippen molar-refractivity contribution in [2.24, 2.45) is 5.92 Å². The van der Waals surface area contributed by atoms with Gasteiger partial charge >= 0.3 is 0 Å². The Morgan fingerprint density at radius 1 is 1.21 bits per heavy atom. The van der Waals surface area contributed by atoms with Crippen LogP contribution in [0, 0.1) is 19.8 Å². The zero-order valence-corrected chi connectivity index (χ0v) is 14.8. The van der Waals surface area contributed by atoms with E-state index in [1.165, 1.54) is 19.4 Å². The Morgan fingerprint density at radius 3 is 2.79 bits per heavy atom. The molecule has 0 spiro atoms. The first-order valence-corrected chi connectivity index (χ1v) is 8.99. The van der Waals surface area contributed by atoms with Crippen LogP contribution >= 0.6 is 0 Å². The summed E-state index contributed by atoms with van der Waals surface area (Å²) in [5.74, 6) is 3.54. The molecule has 1 atom stereocenters. The minimum Gasteiger partial charge on any atom is -0.494 e. The van der Waals surface area contributed by atoms with Gasteiger partial charge in [0.2, 0.25) is 0 Å². The Labute approximate surface area is 144 Å². The van der Waals surface area contributed by atoms with Crippen LogP contribution in [0.15, 0.2) is 30.3 Å². The van der Waals surface area contributed by atoms with Crippen LogP contribution in [0.1, 0.15) is 30.9 Å². The monoisotopic (exact) mass is 328 g/mol. The maximum absolute atomic E-state index is 5.79. The topological polar surface area (TPSA) is 43.2 Å². The molecule has 0 saturated carbocycles. The highest BCUT2D eigenvalue weighted by molar-refractivity contribution is 5.20. The third kappa shape index (κ3) is 4.81. The number of piperidine rings is 1. The van der Waals surface area contributed by atoms with Crippen molar-refractivity contribution in [3.63, 3.8) is 0 Å². The molecular weight excluding hydrogens is 300 g/mol. The fraction of sp³-hybridized carbons (Fsp3) is 0.579. The van der Waals surface area contributed by atoms with Crippen molar-refractivity contribution in [1.82, 2.24) is 19.7 Å². The molecule has 0 unspecified atom stereocenters. The third-order valence-corrected chi connectivity index (χ3v) is 4.63. The Morgan fingerprint density at radius 2 is 2.04 bits per heavy atom. The van der Waals surface area contributed by atoms with E-state index in [2.05, 4.69) is 19.7 Å². The number of likely N-dealkylation sites (tertiary alicyclic amines) is 1. The number of nitrogens with zero attached hydrogens (tertiary/aromatic N) is 4. The molecule has 0 amide bonds. The van der Waals surface area contributed by atoms with Crippen LogP contribution in [0.4, 0.5) is 0 Å². The van der Waals surface area contributed by atoms with Crippen molar-refractivity contribution >= 4 is 0 Å². The largest absolute Gasteiger partial charge is 0.494 e. The summed E-state index contributed by atoms with van der Waals surface area (Å²) in [6.45, 7) is 9.25. The molecule has 0 radical (unpaired) electrons. The van der Waals surface area contributed by atoms with Crippen molar-refractivity contribution in [1.29, 1.82) is 0 Å². The molecule has 24 heavy (non-hydrogen) atoms. The van der Waals surface area contributed by atoms with Gasteiger partial charge in [0, 0.05) is 19.6 Å². The van der Waals surface area contributed by atoms with Gasteiger partial charge in [0.05, 0.1) is 6.61 Å². The van der Waals surface area contributed by atoms with E-state index < -0.39 is 0 Å². The van der Waals surface area contributed by atoms with Gasteiger partial charge in [-0.3, -0.25) is 0 Å². The summed E-state index contributed by atoms with van der Waals surface area (Å²) >= 11 is 0. The molecule has 3 rings (SSSR count). The van der Waals surface area contributed by atoms with Crippen molar-refractivity contribution in [3.05, 3.63) is 42.0 Å². The summed E-state index contributed by atoms with van der Waals surface area (Å²) in [5, 5.41) is 4.51. The van der Waals surface area contributed by atoms with Crippen LogP contribution in [-0.2, 0) is 6.54 Å². The number of ether oxygens (including phenoxy) is 1. The molecule has 1 saturated heterocycles. The summed E-state index contributed by atoms with van der Waals surface area (Å²) in [6.07, 6.45) is 3.63. The predicted molar refractivity (Wildman–Crippen MR) is 95.2 cm³/mol. The molecular formula is C19H28N4O. The summed E-state index contributed by atoms with van der Waals surface area (Å²) < 4.78 is 7.86. The van der Waals surface area contributed by atoms with Crippen LogP contribution < -0.4 is 4.74 Å². The third-order valence-electron chi connectivity index (χ3n) is 4.63. The highest BCUT2D eigenvalue weighted by Crippen LogP contribution is 2.19. The summed E-state index contributed by atoms with van der Waals surface area (Å²) in [6, 6.07) is 10.1. The highest BCUT2D eigenvalue weighted by Gasteiger charge is 2.21. The van der Waals surface area contributed by atoms with Crippen molar-refractivity contribution < 1.29 is 4.74 Å². The van der Waals surface area contributed by atoms with Gasteiger partial charge in [0.15, 0.2) is 0 Å². The van der Waals surface area contributed by atoms with Crippen molar-refractivity contribution in [2.45, 2.75) is 39.7 Å². The first-order chi connectivity index (χ1) is 11.7. The lowest BCUT2D eigenvalue weighted by Crippen LogP contribution is -2.38. The SMILES string of the molecule is Cc1nc(C)n(C[C@H]2CCCN(CCCOc3ccccc3)C2)n1. The van der Waals surface area contributed by atoms with Crippen LogP contribution in [0.5, 0.6) is 5.75 Å². The number of aromatic nitrogens is 3. The number of para-hydroxylation sites is 1. The summed E-state index contributed by atoms with van der Waals surface area (Å²) in [7, 11) is 0. The van der Waals surface area contributed by atoms with E-state index >= 15 is 0 Å². The molecule has 130 valence electrons. The van der Waals surface area contributed by atoms with Gasteiger partial charge in [0.1, 0.15) is 17.4 Å². The first-order valence-electron chi connectivity index (χ1n) is 8.99. The van der Waals surface area contributed by atoms with Gasteiger partial charge in [-0.15, -0.1) is 0 Å². The molecule has 0 N–H and O–H groups in total. The van der Waals surface area contributed by atoms with E-state index in [9.17, 15) is 0 Å². The van der Waals surface area contributed by atoms with E-state index in [0.717, 1.165) is 50.1 Å². The second-order valence-electron chi connectivity index (χ2n) is 6.71. The molecule has 5 nitrogen and oxygen atoms in total. The minimum absolute atomic E-state index is 0.675. The first kappa shape index (κ1) is 17.0. The highest BCUT2D eigenvalue weighted by atomic mass is 16.5. The number of hydrogen-bond donors (Lipinski definition) is 0. The van der Waals surface area contributed by atoms with E-state index in [1.807, 2.05) is 44.2 Å². The summed E-state index contributed by atoms with van der Waals surface area (Å²) in [5.41, 5.74) is 0. The van der Waals surface area contributed by atoms with Gasteiger partial charge in [-0.05, 0) is 57.7 Å². The molecule has 1 aliphatic heterocycles. The average molecular weight is 328 g/mol. The minimum atomic E-state index is 0.675. The van der Waals surface area contributed by atoms with Crippen LogP contribution in [0.3, 0.4) is 0 Å². The Kier molecular flexibility index (Phi) is 5.86. The van der Waals surface area contributed by atoms with Crippen LogP contribution in [-0.4, -0.2) is 45.9 Å². The molecule has 1 aliphatic rings. The number of hydrogen-bond acceptors (Lipinski definition) is 4. The fourth-order valence-electron chi connectivity index (χ4n) is 3.48. The molecule has 1 fully saturated rings. The van der Waals surface area contributed by atoms with E-state index in [4.69, 9.17) is 4.74 Å². The van der Waals surface area contributed by atoms with Gasteiger partial charge in [-0.1, -0.05) is 18.2 Å². The second-order valence-corrected chi connectivity index (χ2v) is 6.71. The zero-order valence-electron chi connectivity index (χ0n) is 14.8. The van der Waals surface area contributed by atoms with Crippen LogP contribution in [0.25, 0.3) is 0 Å². The van der Waals surface area contributed by atoms with Gasteiger partial charge < -0.3 is 9.64 Å². The maximum Gasteiger partial charge on any atom is 0.147 e. The number of aryl methyl sites for hydroxylation is 2. The standard InChI is InChI=1S/C19H28N4O/c1-16-20-17(2)23(21-16)15-18-8-6-11-22(14-18)12-7-13-24-19-9-4-3-5-10-19/h3-5,9-10,18H,6-8,11-15H2,1-2H3/t18-/m0/s1. The van der Waals surface area contributed by atoms with Gasteiger partial charge in [-0.2, -0.15) is 5.10 Å². The normalized spacial score (nSPS) is 18.7. The number of benzene rings is 1. The molecule has 0 aliphatic carbocycles. The van der Waals surface area contributed by atoms with E-state index in [1.54, 1.807) is 0 Å². The molecule has 0 bridgehead atoms. The molecule has 1 aromatic carbocycles. The molecule has 2 heterocycles. The quantitative estimate of drug-likeness (QED) is 0.733. The smallest absolute Gasteiger partial charge is 0.147 e. The molecule has 1 aromatic heterocycles. The zero-order chi connectivity index (χ0) is 16.8. The maximum atomic E-state index is 5.79. The average Bonchev–Trinajstić information content (AvgIpc) is 2.90.